The fourth-order valence-corrected chi connectivity index (χ4v) is 1.28. The normalized spacial score (nSPS) is 15.8. The van der Waals surface area contributed by atoms with Gasteiger partial charge in [-0.25, -0.2) is 4.98 Å². The molecule has 70 valence electrons. The smallest absolute Gasteiger partial charge is 0.217 e. The number of hydrogen-bond donors (Lipinski definition) is 1. The minimum Gasteiger partial charge on any atom is -0.481 e. The molecule has 3 heteroatoms. The summed E-state index contributed by atoms with van der Waals surface area (Å²) < 4.78 is 5.15. The van der Waals surface area contributed by atoms with Crippen molar-refractivity contribution in [2.75, 3.05) is 7.11 Å². The summed E-state index contributed by atoms with van der Waals surface area (Å²) in [6.07, 6.45) is 4.37. The van der Waals surface area contributed by atoms with E-state index in [1.54, 1.807) is 13.3 Å². The number of nitrogens with zero attached hydrogens (tertiary/aromatic N) is 1. The Morgan fingerprint density at radius 3 is 3.15 bits per heavy atom. The number of hydrogen-bond acceptors (Lipinski definition) is 3. The molecule has 1 aromatic rings. The highest BCUT2D eigenvalue weighted by molar-refractivity contribution is 5.25. The van der Waals surface area contributed by atoms with Crippen molar-refractivity contribution in [3.05, 3.63) is 23.9 Å². The zero-order valence-electron chi connectivity index (χ0n) is 7.79. The molecule has 1 aliphatic carbocycles. The fraction of sp³-hybridized carbons (Fsp3) is 0.500. The topological polar surface area (TPSA) is 34.1 Å². The Kier molecular flexibility index (Phi) is 2.45. The van der Waals surface area contributed by atoms with Crippen LogP contribution in [0.25, 0.3) is 0 Å². The van der Waals surface area contributed by atoms with E-state index in [9.17, 15) is 0 Å². The first kappa shape index (κ1) is 8.51. The van der Waals surface area contributed by atoms with Gasteiger partial charge in [0.1, 0.15) is 0 Å². The molecule has 0 aromatic carbocycles. The van der Waals surface area contributed by atoms with E-state index in [1.807, 2.05) is 12.1 Å². The number of methoxy groups -OCH3 is 1. The third-order valence-corrected chi connectivity index (χ3v) is 2.20. The van der Waals surface area contributed by atoms with Gasteiger partial charge in [0.15, 0.2) is 0 Å². The first-order valence-electron chi connectivity index (χ1n) is 4.61. The zero-order valence-corrected chi connectivity index (χ0v) is 7.79. The zero-order chi connectivity index (χ0) is 9.10. The van der Waals surface area contributed by atoms with Gasteiger partial charge in [0.05, 0.1) is 7.11 Å². The summed E-state index contributed by atoms with van der Waals surface area (Å²) in [6, 6.07) is 4.71. The molecule has 0 atom stereocenters. The van der Waals surface area contributed by atoms with Crippen LogP contribution in [0.1, 0.15) is 18.4 Å². The van der Waals surface area contributed by atoms with E-state index >= 15 is 0 Å². The van der Waals surface area contributed by atoms with Gasteiger partial charge in [0.25, 0.3) is 0 Å². The molecule has 3 nitrogen and oxygen atoms in total. The Morgan fingerprint density at radius 2 is 2.46 bits per heavy atom. The highest BCUT2D eigenvalue weighted by atomic mass is 16.5. The van der Waals surface area contributed by atoms with E-state index in [0.29, 0.717) is 0 Å². The van der Waals surface area contributed by atoms with Crippen molar-refractivity contribution in [2.24, 2.45) is 0 Å². The molecule has 1 fully saturated rings. The van der Waals surface area contributed by atoms with E-state index in [0.717, 1.165) is 24.0 Å². The number of pyridine rings is 1. The Labute approximate surface area is 78.1 Å². The average Bonchev–Trinajstić information content (AvgIpc) is 2.99. The van der Waals surface area contributed by atoms with Crippen LogP contribution in [0, 0.1) is 0 Å². The SMILES string of the molecule is COc1ncccc1CNC1CC1. The molecule has 13 heavy (non-hydrogen) atoms. The molecule has 0 radical (unpaired) electrons. The van der Waals surface area contributed by atoms with Crippen LogP contribution in [-0.4, -0.2) is 18.1 Å². The van der Waals surface area contributed by atoms with Gasteiger partial charge in [-0.15, -0.1) is 0 Å². The van der Waals surface area contributed by atoms with Crippen molar-refractivity contribution in [3.8, 4) is 5.88 Å². The Morgan fingerprint density at radius 1 is 1.62 bits per heavy atom. The maximum absolute atomic E-state index is 5.15. The molecular formula is C10H14N2O. The van der Waals surface area contributed by atoms with Crippen molar-refractivity contribution in [2.45, 2.75) is 25.4 Å². The van der Waals surface area contributed by atoms with Gasteiger partial charge in [-0.1, -0.05) is 6.07 Å². The van der Waals surface area contributed by atoms with Crippen LogP contribution in [0.15, 0.2) is 18.3 Å². The summed E-state index contributed by atoms with van der Waals surface area (Å²) in [5.41, 5.74) is 1.14. The van der Waals surface area contributed by atoms with Crippen LogP contribution in [-0.2, 0) is 6.54 Å². The summed E-state index contributed by atoms with van der Waals surface area (Å²) >= 11 is 0. The van der Waals surface area contributed by atoms with Gasteiger partial charge in [-0.05, 0) is 18.9 Å². The van der Waals surface area contributed by atoms with Crippen LogP contribution < -0.4 is 10.1 Å². The molecule has 1 aromatic heterocycles. The number of aromatic nitrogens is 1. The van der Waals surface area contributed by atoms with Crippen molar-refractivity contribution in [3.63, 3.8) is 0 Å². The standard InChI is InChI=1S/C10H14N2O/c1-13-10-8(3-2-6-11-10)7-12-9-4-5-9/h2-3,6,9,12H,4-5,7H2,1H3. The van der Waals surface area contributed by atoms with E-state index in [2.05, 4.69) is 10.3 Å². The van der Waals surface area contributed by atoms with Crippen LogP contribution in [0.5, 0.6) is 5.88 Å². The lowest BCUT2D eigenvalue weighted by atomic mass is 10.2. The monoisotopic (exact) mass is 178 g/mol. The second kappa shape index (κ2) is 3.75. The summed E-state index contributed by atoms with van der Waals surface area (Å²) in [4.78, 5) is 4.13. The van der Waals surface area contributed by atoms with Gasteiger partial charge < -0.3 is 10.1 Å². The molecular weight excluding hydrogens is 164 g/mol. The molecule has 0 aliphatic heterocycles. The summed E-state index contributed by atoms with van der Waals surface area (Å²) in [5.74, 6) is 0.732. The maximum Gasteiger partial charge on any atom is 0.217 e. The molecule has 0 saturated heterocycles. The lowest BCUT2D eigenvalue weighted by Gasteiger charge is -2.06. The third kappa shape index (κ3) is 2.18. The quantitative estimate of drug-likeness (QED) is 0.755. The second-order valence-electron chi connectivity index (χ2n) is 3.33. The first-order chi connectivity index (χ1) is 6.40. The molecule has 0 amide bonds. The number of nitrogens with one attached hydrogen (secondary N) is 1. The first-order valence-corrected chi connectivity index (χ1v) is 4.61. The van der Waals surface area contributed by atoms with Gasteiger partial charge in [0, 0.05) is 24.3 Å². The van der Waals surface area contributed by atoms with Gasteiger partial charge >= 0.3 is 0 Å². The summed E-state index contributed by atoms with van der Waals surface area (Å²) in [7, 11) is 1.66. The van der Waals surface area contributed by atoms with Gasteiger partial charge in [-0.2, -0.15) is 0 Å². The van der Waals surface area contributed by atoms with Crippen LogP contribution in [0.3, 0.4) is 0 Å². The van der Waals surface area contributed by atoms with Crippen molar-refractivity contribution >= 4 is 0 Å². The lowest BCUT2D eigenvalue weighted by molar-refractivity contribution is 0.390. The molecule has 1 N–H and O–H groups in total. The fourth-order valence-electron chi connectivity index (χ4n) is 1.28. The van der Waals surface area contributed by atoms with Crippen LogP contribution in [0.2, 0.25) is 0 Å². The lowest BCUT2D eigenvalue weighted by Crippen LogP contribution is -2.16. The number of rotatable bonds is 4. The molecule has 1 saturated carbocycles. The van der Waals surface area contributed by atoms with E-state index < -0.39 is 0 Å². The van der Waals surface area contributed by atoms with Crippen molar-refractivity contribution in [1.29, 1.82) is 0 Å². The minimum atomic E-state index is 0.727. The summed E-state index contributed by atoms with van der Waals surface area (Å²) in [5, 5.41) is 3.43. The molecule has 0 unspecified atom stereocenters. The molecule has 2 rings (SSSR count). The van der Waals surface area contributed by atoms with Gasteiger partial charge in [-0.3, -0.25) is 0 Å². The minimum absolute atomic E-state index is 0.727. The van der Waals surface area contributed by atoms with Crippen molar-refractivity contribution in [1.82, 2.24) is 10.3 Å². The molecule has 0 bridgehead atoms. The Hall–Kier alpha value is -1.09. The second-order valence-corrected chi connectivity index (χ2v) is 3.33. The predicted molar refractivity (Wildman–Crippen MR) is 50.7 cm³/mol. The molecule has 1 aliphatic rings. The van der Waals surface area contributed by atoms with E-state index in [4.69, 9.17) is 4.74 Å². The highest BCUT2D eigenvalue weighted by Gasteiger charge is 2.20. The largest absolute Gasteiger partial charge is 0.481 e. The van der Waals surface area contributed by atoms with Crippen LogP contribution in [0.4, 0.5) is 0 Å². The van der Waals surface area contributed by atoms with Gasteiger partial charge in [0.2, 0.25) is 5.88 Å². The van der Waals surface area contributed by atoms with Crippen LogP contribution >= 0.6 is 0 Å². The Bertz CT molecular complexity index is 284. The van der Waals surface area contributed by atoms with Crippen molar-refractivity contribution < 1.29 is 4.74 Å². The third-order valence-electron chi connectivity index (χ3n) is 2.20. The molecule has 1 heterocycles. The maximum atomic E-state index is 5.15. The number of ether oxygens (including phenoxy) is 1. The summed E-state index contributed by atoms with van der Waals surface area (Å²) in [6.45, 7) is 0.863. The predicted octanol–water partition coefficient (Wildman–Crippen LogP) is 1.34. The molecule has 0 spiro atoms. The Balaban J connectivity index is 1.99. The van der Waals surface area contributed by atoms with E-state index in [-0.39, 0.29) is 0 Å². The van der Waals surface area contributed by atoms with E-state index in [1.165, 1.54) is 12.8 Å². The average molecular weight is 178 g/mol. The highest BCUT2D eigenvalue weighted by Crippen LogP contribution is 2.20.